The molecule has 3 rings (SSSR count). The molecule has 0 bridgehead atoms. The molecule has 0 saturated carbocycles. The first-order valence-corrected chi connectivity index (χ1v) is 7.15. The largest absolute Gasteiger partial charge is 0.504 e. The van der Waals surface area contributed by atoms with Crippen LogP contribution < -0.4 is 19.6 Å². The van der Waals surface area contributed by atoms with Crippen LogP contribution in [0.15, 0.2) is 45.6 Å². The summed E-state index contributed by atoms with van der Waals surface area (Å²) in [5, 5.41) is 10.3. The third kappa shape index (κ3) is 2.52. The van der Waals surface area contributed by atoms with Crippen molar-refractivity contribution in [2.75, 3.05) is 21.3 Å². The summed E-state index contributed by atoms with van der Waals surface area (Å²) < 4.78 is 21.2. The maximum absolute atomic E-state index is 12.6. The molecule has 0 atom stereocenters. The van der Waals surface area contributed by atoms with Gasteiger partial charge in [0.25, 0.3) is 0 Å². The van der Waals surface area contributed by atoms with E-state index in [9.17, 15) is 9.90 Å². The van der Waals surface area contributed by atoms with E-state index in [4.69, 9.17) is 18.6 Å². The van der Waals surface area contributed by atoms with Gasteiger partial charge in [-0.15, -0.1) is 0 Å². The van der Waals surface area contributed by atoms with Gasteiger partial charge in [-0.25, -0.2) is 0 Å². The molecule has 6 nitrogen and oxygen atoms in total. The van der Waals surface area contributed by atoms with Crippen LogP contribution in [0.2, 0.25) is 0 Å². The topological polar surface area (TPSA) is 78.1 Å². The summed E-state index contributed by atoms with van der Waals surface area (Å²) >= 11 is 0. The molecule has 2 aromatic carbocycles. The van der Waals surface area contributed by atoms with E-state index in [-0.39, 0.29) is 33.6 Å². The van der Waals surface area contributed by atoms with Crippen LogP contribution in [0.4, 0.5) is 0 Å². The summed E-state index contributed by atoms with van der Waals surface area (Å²) in [4.78, 5) is 12.6. The number of ether oxygens (including phenoxy) is 3. The van der Waals surface area contributed by atoms with Crippen LogP contribution >= 0.6 is 0 Å². The molecule has 0 aliphatic heterocycles. The molecule has 124 valence electrons. The Bertz CT molecular complexity index is 940. The number of hydrogen-bond donors (Lipinski definition) is 1. The maximum atomic E-state index is 12.6. The fourth-order valence-electron chi connectivity index (χ4n) is 2.55. The number of phenolic OH excluding ortho intramolecular Hbond substituents is 1. The van der Waals surface area contributed by atoms with Crippen molar-refractivity contribution < 1.29 is 23.7 Å². The number of benzene rings is 2. The first-order valence-electron chi connectivity index (χ1n) is 7.15. The van der Waals surface area contributed by atoms with Crippen LogP contribution in [-0.4, -0.2) is 26.4 Å². The van der Waals surface area contributed by atoms with E-state index in [0.717, 1.165) is 0 Å². The smallest absolute Gasteiger partial charge is 0.204 e. The molecule has 1 aromatic heterocycles. The van der Waals surface area contributed by atoms with Gasteiger partial charge in [-0.3, -0.25) is 4.79 Å². The van der Waals surface area contributed by atoms with E-state index in [1.165, 1.54) is 26.4 Å². The van der Waals surface area contributed by atoms with Crippen LogP contribution in [0.5, 0.6) is 23.0 Å². The highest BCUT2D eigenvalue weighted by atomic mass is 16.5. The lowest BCUT2D eigenvalue weighted by Gasteiger charge is -2.12. The fraction of sp³-hybridized carbons (Fsp3) is 0.167. The van der Waals surface area contributed by atoms with Gasteiger partial charge in [0, 0.05) is 17.7 Å². The van der Waals surface area contributed by atoms with Gasteiger partial charge in [-0.2, -0.15) is 0 Å². The highest BCUT2D eigenvalue weighted by Gasteiger charge is 2.19. The first kappa shape index (κ1) is 15.7. The van der Waals surface area contributed by atoms with Gasteiger partial charge in [0.15, 0.2) is 16.9 Å². The van der Waals surface area contributed by atoms with E-state index in [0.29, 0.717) is 17.1 Å². The third-order valence-electron chi connectivity index (χ3n) is 3.69. The van der Waals surface area contributed by atoms with Crippen LogP contribution in [-0.2, 0) is 0 Å². The highest BCUT2D eigenvalue weighted by molar-refractivity contribution is 5.89. The van der Waals surface area contributed by atoms with Crippen molar-refractivity contribution in [2.24, 2.45) is 0 Å². The molecule has 0 radical (unpaired) electrons. The lowest BCUT2D eigenvalue weighted by atomic mass is 10.1. The molecule has 1 N–H and O–H groups in total. The Labute approximate surface area is 137 Å². The predicted molar refractivity (Wildman–Crippen MR) is 89.2 cm³/mol. The second-order valence-electron chi connectivity index (χ2n) is 5.04. The van der Waals surface area contributed by atoms with Crippen LogP contribution in [0.3, 0.4) is 0 Å². The lowest BCUT2D eigenvalue weighted by molar-refractivity contribution is 0.335. The fourth-order valence-corrected chi connectivity index (χ4v) is 2.55. The van der Waals surface area contributed by atoms with Crippen molar-refractivity contribution in [3.63, 3.8) is 0 Å². The number of fused-ring (bicyclic) bond motifs is 1. The quantitative estimate of drug-likeness (QED) is 0.792. The Balaban J connectivity index is 2.25. The summed E-state index contributed by atoms with van der Waals surface area (Å²) in [7, 11) is 4.36. The van der Waals surface area contributed by atoms with E-state index in [1.807, 2.05) is 0 Å². The normalized spacial score (nSPS) is 10.6. The number of rotatable bonds is 4. The molecular formula is C18H16O6. The molecule has 0 unspecified atom stereocenters. The maximum Gasteiger partial charge on any atom is 0.204 e. The summed E-state index contributed by atoms with van der Waals surface area (Å²) in [5.74, 6) is 1.14. The Morgan fingerprint density at radius 1 is 0.917 bits per heavy atom. The van der Waals surface area contributed by atoms with E-state index in [2.05, 4.69) is 0 Å². The molecular weight excluding hydrogens is 312 g/mol. The number of methoxy groups -OCH3 is 3. The summed E-state index contributed by atoms with van der Waals surface area (Å²) in [5.41, 5.74) is 0.629. The number of phenols is 1. The van der Waals surface area contributed by atoms with E-state index < -0.39 is 0 Å². The molecule has 0 aliphatic rings. The summed E-state index contributed by atoms with van der Waals surface area (Å²) in [6.07, 6.45) is 0. The average Bonchev–Trinajstić information content (AvgIpc) is 2.60. The molecule has 3 aromatic rings. The Hall–Kier alpha value is -3.15. The zero-order chi connectivity index (χ0) is 17.3. The second kappa shape index (κ2) is 6.16. The van der Waals surface area contributed by atoms with Crippen molar-refractivity contribution in [3.05, 3.63) is 46.6 Å². The molecule has 24 heavy (non-hydrogen) atoms. The molecule has 0 aliphatic carbocycles. The zero-order valence-corrected chi connectivity index (χ0v) is 13.5. The Morgan fingerprint density at radius 2 is 1.58 bits per heavy atom. The van der Waals surface area contributed by atoms with Gasteiger partial charge in [-0.05, 0) is 24.3 Å². The SMILES string of the molecule is COc1ccc(-c2cc(=O)c3c(OC)c(OC)c(O)cc3o2)cc1. The highest BCUT2D eigenvalue weighted by Crippen LogP contribution is 2.42. The molecule has 6 heteroatoms. The molecule has 0 spiro atoms. The van der Waals surface area contributed by atoms with Gasteiger partial charge in [0.1, 0.15) is 22.5 Å². The summed E-state index contributed by atoms with van der Waals surface area (Å²) in [6, 6.07) is 9.82. The predicted octanol–water partition coefficient (Wildman–Crippen LogP) is 3.19. The van der Waals surface area contributed by atoms with Crippen LogP contribution in [0.1, 0.15) is 0 Å². The van der Waals surface area contributed by atoms with Crippen LogP contribution in [0, 0.1) is 0 Å². The Morgan fingerprint density at radius 3 is 2.17 bits per heavy atom. The third-order valence-corrected chi connectivity index (χ3v) is 3.69. The summed E-state index contributed by atoms with van der Waals surface area (Å²) in [6.45, 7) is 0. The van der Waals surface area contributed by atoms with Crippen molar-refractivity contribution in [1.82, 2.24) is 0 Å². The van der Waals surface area contributed by atoms with Gasteiger partial charge in [0.05, 0.1) is 21.3 Å². The van der Waals surface area contributed by atoms with Gasteiger partial charge < -0.3 is 23.7 Å². The Kier molecular flexibility index (Phi) is 4.04. The average molecular weight is 328 g/mol. The molecule has 0 amide bonds. The monoisotopic (exact) mass is 328 g/mol. The minimum atomic E-state index is -0.294. The van der Waals surface area contributed by atoms with Crippen molar-refractivity contribution in [1.29, 1.82) is 0 Å². The van der Waals surface area contributed by atoms with Gasteiger partial charge in [-0.1, -0.05) is 0 Å². The zero-order valence-electron chi connectivity index (χ0n) is 13.5. The standard InChI is InChI=1S/C18H16O6/c1-21-11-6-4-10(5-7-11)14-8-12(19)16-15(24-14)9-13(20)17(22-2)18(16)23-3/h4-9,20H,1-3H3. The van der Waals surface area contributed by atoms with Crippen molar-refractivity contribution >= 4 is 11.0 Å². The van der Waals surface area contributed by atoms with Gasteiger partial charge in [0.2, 0.25) is 5.75 Å². The van der Waals surface area contributed by atoms with E-state index in [1.54, 1.807) is 31.4 Å². The molecule has 0 saturated heterocycles. The minimum Gasteiger partial charge on any atom is -0.504 e. The van der Waals surface area contributed by atoms with Crippen molar-refractivity contribution in [2.45, 2.75) is 0 Å². The van der Waals surface area contributed by atoms with Crippen LogP contribution in [0.25, 0.3) is 22.3 Å². The number of aromatic hydroxyl groups is 1. The van der Waals surface area contributed by atoms with Crippen molar-refractivity contribution in [3.8, 4) is 34.3 Å². The molecule has 0 fully saturated rings. The van der Waals surface area contributed by atoms with E-state index >= 15 is 0 Å². The number of hydrogen-bond acceptors (Lipinski definition) is 6. The second-order valence-corrected chi connectivity index (χ2v) is 5.04. The molecule has 1 heterocycles. The first-order chi connectivity index (χ1) is 11.6. The minimum absolute atomic E-state index is 0.0921. The van der Waals surface area contributed by atoms with Gasteiger partial charge >= 0.3 is 0 Å². The lowest BCUT2D eigenvalue weighted by Crippen LogP contribution is -2.04.